The fraction of sp³-hybridized carbons (Fsp3) is 0.533. The van der Waals surface area contributed by atoms with Crippen molar-refractivity contribution in [2.24, 2.45) is 0 Å². The molecule has 0 N–H and O–H groups in total. The molecule has 3 nitrogen and oxygen atoms in total. The molecule has 2 aromatic rings. The summed E-state index contributed by atoms with van der Waals surface area (Å²) in [5.74, 6) is 1.02. The molecule has 1 saturated heterocycles. The van der Waals surface area contributed by atoms with Crippen molar-refractivity contribution in [2.75, 3.05) is 13.1 Å². The van der Waals surface area contributed by atoms with E-state index in [1.165, 1.54) is 18.9 Å². The number of hydrogen-bond acceptors (Lipinski definition) is 2. The molecule has 2 heterocycles. The highest BCUT2D eigenvalue weighted by Crippen LogP contribution is 2.35. The van der Waals surface area contributed by atoms with Crippen LogP contribution in [0.2, 0.25) is 0 Å². The second-order valence-electron chi connectivity index (χ2n) is 5.83. The maximum absolute atomic E-state index is 13.5. The Morgan fingerprint density at radius 1 is 1.25 bits per heavy atom. The van der Waals surface area contributed by atoms with E-state index in [0.717, 1.165) is 42.4 Å². The zero-order chi connectivity index (χ0) is 13.7. The third-order valence-corrected chi connectivity index (χ3v) is 4.71. The number of benzene rings is 1. The van der Waals surface area contributed by atoms with Crippen LogP contribution in [-0.4, -0.2) is 33.6 Å². The van der Waals surface area contributed by atoms with Gasteiger partial charge in [-0.15, -0.1) is 11.6 Å². The summed E-state index contributed by atoms with van der Waals surface area (Å²) in [5.41, 5.74) is 1.72. The maximum atomic E-state index is 13.5. The van der Waals surface area contributed by atoms with Crippen LogP contribution in [0.15, 0.2) is 18.2 Å². The van der Waals surface area contributed by atoms with Crippen LogP contribution in [0.5, 0.6) is 0 Å². The van der Waals surface area contributed by atoms with Gasteiger partial charge in [0.2, 0.25) is 0 Å². The monoisotopic (exact) mass is 293 g/mol. The van der Waals surface area contributed by atoms with Gasteiger partial charge < -0.3 is 4.57 Å². The molecule has 1 atom stereocenters. The van der Waals surface area contributed by atoms with Gasteiger partial charge in [0.15, 0.2) is 0 Å². The van der Waals surface area contributed by atoms with E-state index in [9.17, 15) is 4.39 Å². The molecule has 2 fully saturated rings. The molecule has 0 spiro atoms. The Bertz CT molecular complexity index is 650. The minimum Gasteiger partial charge on any atom is -0.322 e. The van der Waals surface area contributed by atoms with Gasteiger partial charge in [-0.3, -0.25) is 4.90 Å². The molecule has 1 aromatic carbocycles. The molecule has 1 aliphatic carbocycles. The van der Waals surface area contributed by atoms with Crippen molar-refractivity contribution in [1.29, 1.82) is 0 Å². The molecule has 106 valence electrons. The first-order valence-electron chi connectivity index (χ1n) is 7.22. The van der Waals surface area contributed by atoms with Gasteiger partial charge in [-0.1, -0.05) is 0 Å². The fourth-order valence-corrected chi connectivity index (χ4v) is 3.56. The number of halogens is 2. The Labute approximate surface area is 122 Å². The maximum Gasteiger partial charge on any atom is 0.125 e. The van der Waals surface area contributed by atoms with Crippen LogP contribution in [0.3, 0.4) is 0 Å². The number of aromatic nitrogens is 2. The van der Waals surface area contributed by atoms with E-state index >= 15 is 0 Å². The average Bonchev–Trinajstić information content (AvgIpc) is 3.07. The SMILES string of the molecule is Fc1ccc2nc(CCl)n(C3CCN(C4CC4)C3)c2c1. The lowest BCUT2D eigenvalue weighted by atomic mass is 10.2. The standard InChI is InChI=1S/C15H17ClFN3/c16-8-15-18-13-4-1-10(17)7-14(13)20(15)12-5-6-19(9-12)11-2-3-11/h1,4,7,11-12H,2-3,5-6,8-9H2. The first kappa shape index (κ1) is 12.6. The largest absolute Gasteiger partial charge is 0.322 e. The van der Waals surface area contributed by atoms with Gasteiger partial charge in [0.25, 0.3) is 0 Å². The van der Waals surface area contributed by atoms with E-state index in [1.54, 1.807) is 12.1 Å². The van der Waals surface area contributed by atoms with Crippen molar-refractivity contribution >= 4 is 22.6 Å². The topological polar surface area (TPSA) is 21.1 Å². The summed E-state index contributed by atoms with van der Waals surface area (Å²) in [6.45, 7) is 2.17. The summed E-state index contributed by atoms with van der Waals surface area (Å²) in [6.07, 6.45) is 3.76. The lowest BCUT2D eigenvalue weighted by Crippen LogP contribution is -2.24. The number of hydrogen-bond donors (Lipinski definition) is 0. The molecular weight excluding hydrogens is 277 g/mol. The molecule has 2 aliphatic rings. The first-order valence-corrected chi connectivity index (χ1v) is 7.76. The van der Waals surface area contributed by atoms with Gasteiger partial charge >= 0.3 is 0 Å². The van der Waals surface area contributed by atoms with E-state index in [-0.39, 0.29) is 5.82 Å². The molecule has 0 bridgehead atoms. The average molecular weight is 294 g/mol. The molecule has 20 heavy (non-hydrogen) atoms. The van der Waals surface area contributed by atoms with E-state index in [1.807, 2.05) is 0 Å². The van der Waals surface area contributed by atoms with Crippen LogP contribution in [-0.2, 0) is 5.88 Å². The van der Waals surface area contributed by atoms with Crippen molar-refractivity contribution in [2.45, 2.75) is 37.2 Å². The second-order valence-corrected chi connectivity index (χ2v) is 6.10. The fourth-order valence-electron chi connectivity index (χ4n) is 3.37. The normalized spacial score (nSPS) is 23.8. The first-order chi connectivity index (χ1) is 9.76. The van der Waals surface area contributed by atoms with Gasteiger partial charge in [0.1, 0.15) is 11.6 Å². The Kier molecular flexibility index (Phi) is 2.97. The van der Waals surface area contributed by atoms with Gasteiger partial charge in [-0.05, 0) is 37.5 Å². The molecule has 4 rings (SSSR count). The molecule has 1 unspecified atom stereocenters. The lowest BCUT2D eigenvalue weighted by molar-refractivity contribution is 0.314. The van der Waals surface area contributed by atoms with Crippen LogP contribution in [0.1, 0.15) is 31.1 Å². The van der Waals surface area contributed by atoms with Crippen molar-refractivity contribution in [3.05, 3.63) is 29.8 Å². The quantitative estimate of drug-likeness (QED) is 0.810. The van der Waals surface area contributed by atoms with Gasteiger partial charge in [0, 0.05) is 25.2 Å². The lowest BCUT2D eigenvalue weighted by Gasteiger charge is -2.18. The van der Waals surface area contributed by atoms with E-state index < -0.39 is 0 Å². The zero-order valence-electron chi connectivity index (χ0n) is 11.2. The summed E-state index contributed by atoms with van der Waals surface area (Å²) in [5, 5.41) is 0. The van der Waals surface area contributed by atoms with Gasteiger partial charge in [0.05, 0.1) is 16.9 Å². The summed E-state index contributed by atoms with van der Waals surface area (Å²) in [4.78, 5) is 7.10. The molecule has 5 heteroatoms. The van der Waals surface area contributed by atoms with E-state index in [2.05, 4.69) is 14.5 Å². The van der Waals surface area contributed by atoms with Crippen LogP contribution >= 0.6 is 11.6 Å². The smallest absolute Gasteiger partial charge is 0.125 e. The van der Waals surface area contributed by atoms with Gasteiger partial charge in [-0.25, -0.2) is 9.37 Å². The minimum absolute atomic E-state index is 0.211. The number of imidazole rings is 1. The number of nitrogens with zero attached hydrogens (tertiary/aromatic N) is 3. The number of alkyl halides is 1. The highest BCUT2D eigenvalue weighted by Gasteiger charge is 2.35. The minimum atomic E-state index is -0.211. The molecule has 1 aliphatic heterocycles. The molecule has 1 aromatic heterocycles. The van der Waals surface area contributed by atoms with Crippen molar-refractivity contribution in [3.63, 3.8) is 0 Å². The predicted molar refractivity (Wildman–Crippen MR) is 77.5 cm³/mol. The Hall–Kier alpha value is -1.13. The van der Waals surface area contributed by atoms with Crippen molar-refractivity contribution in [3.8, 4) is 0 Å². The van der Waals surface area contributed by atoms with Crippen LogP contribution in [0.4, 0.5) is 4.39 Å². The third kappa shape index (κ3) is 2.02. The Balaban J connectivity index is 1.75. The van der Waals surface area contributed by atoms with Crippen molar-refractivity contribution < 1.29 is 4.39 Å². The molecule has 1 saturated carbocycles. The molecule has 0 radical (unpaired) electrons. The number of likely N-dealkylation sites (tertiary alicyclic amines) is 1. The Morgan fingerprint density at radius 3 is 2.85 bits per heavy atom. The van der Waals surface area contributed by atoms with Crippen LogP contribution in [0.25, 0.3) is 11.0 Å². The summed E-state index contributed by atoms with van der Waals surface area (Å²) in [6, 6.07) is 5.94. The second kappa shape index (κ2) is 4.71. The van der Waals surface area contributed by atoms with E-state index in [0.29, 0.717) is 11.9 Å². The zero-order valence-corrected chi connectivity index (χ0v) is 12.0. The molecule has 0 amide bonds. The predicted octanol–water partition coefficient (Wildman–Crippen LogP) is 3.32. The summed E-state index contributed by atoms with van der Waals surface area (Å²) < 4.78 is 15.7. The third-order valence-electron chi connectivity index (χ3n) is 4.47. The molecular formula is C15H17ClFN3. The Morgan fingerprint density at radius 2 is 2.10 bits per heavy atom. The number of rotatable bonds is 3. The highest BCUT2D eigenvalue weighted by molar-refractivity contribution is 6.16. The van der Waals surface area contributed by atoms with E-state index in [4.69, 9.17) is 11.6 Å². The number of fused-ring (bicyclic) bond motifs is 1. The highest BCUT2D eigenvalue weighted by atomic mass is 35.5. The van der Waals surface area contributed by atoms with Crippen LogP contribution < -0.4 is 0 Å². The summed E-state index contributed by atoms with van der Waals surface area (Å²) >= 11 is 6.04. The van der Waals surface area contributed by atoms with Crippen LogP contribution in [0, 0.1) is 5.82 Å². The van der Waals surface area contributed by atoms with Gasteiger partial charge in [-0.2, -0.15) is 0 Å². The summed E-state index contributed by atoms with van der Waals surface area (Å²) in [7, 11) is 0. The van der Waals surface area contributed by atoms with Crippen molar-refractivity contribution in [1.82, 2.24) is 14.5 Å².